The van der Waals surface area contributed by atoms with Crippen LogP contribution in [0, 0.1) is 11.7 Å². The first-order valence-corrected chi connectivity index (χ1v) is 5.23. The van der Waals surface area contributed by atoms with E-state index >= 15 is 0 Å². The van der Waals surface area contributed by atoms with Gasteiger partial charge in [0.2, 0.25) is 0 Å². The zero-order chi connectivity index (χ0) is 9.71. The van der Waals surface area contributed by atoms with Crippen molar-refractivity contribution < 1.29 is 9.50 Å². The minimum Gasteiger partial charge on any atom is -0.388 e. The summed E-state index contributed by atoms with van der Waals surface area (Å²) in [6.07, 6.45) is 2.68. The van der Waals surface area contributed by atoms with Gasteiger partial charge in [-0.25, -0.2) is 4.39 Å². The van der Waals surface area contributed by atoms with Gasteiger partial charge in [0, 0.05) is 0 Å². The maximum absolute atomic E-state index is 13.6. The molecule has 1 N–H and O–H groups in total. The average Bonchev–Trinajstić information content (AvgIpc) is 2.94. The number of benzene rings is 1. The lowest BCUT2D eigenvalue weighted by atomic mass is 9.96. The first-order valence-electron chi connectivity index (χ1n) is 5.23. The second kappa shape index (κ2) is 2.80. The van der Waals surface area contributed by atoms with Crippen LogP contribution in [0.5, 0.6) is 0 Å². The van der Waals surface area contributed by atoms with Crippen molar-refractivity contribution in [1.82, 2.24) is 0 Å². The van der Waals surface area contributed by atoms with Crippen LogP contribution >= 0.6 is 0 Å². The molecule has 2 heteroatoms. The summed E-state index contributed by atoms with van der Waals surface area (Å²) in [6.45, 7) is 0. The molecular formula is C12H13FO. The molecule has 1 fully saturated rings. The van der Waals surface area contributed by atoms with Crippen LogP contribution in [0.25, 0.3) is 0 Å². The van der Waals surface area contributed by atoms with Crippen molar-refractivity contribution in [2.24, 2.45) is 5.92 Å². The molecule has 14 heavy (non-hydrogen) atoms. The summed E-state index contributed by atoms with van der Waals surface area (Å²) in [5.74, 6) is 0.778. The highest BCUT2D eigenvalue weighted by atomic mass is 19.1. The molecule has 1 aromatic rings. The van der Waals surface area contributed by atoms with Gasteiger partial charge in [-0.3, -0.25) is 0 Å². The van der Waals surface area contributed by atoms with E-state index in [0.717, 1.165) is 17.5 Å². The second-order valence-corrected chi connectivity index (χ2v) is 4.44. The van der Waals surface area contributed by atoms with E-state index in [9.17, 15) is 9.50 Å². The highest BCUT2D eigenvalue weighted by Gasteiger charge is 2.41. The molecule has 2 aliphatic rings. The number of aliphatic hydroxyl groups excluding tert-OH is 1. The van der Waals surface area contributed by atoms with Gasteiger partial charge in [0.25, 0.3) is 0 Å². The summed E-state index contributed by atoms with van der Waals surface area (Å²) < 4.78 is 13.6. The lowest BCUT2D eigenvalue weighted by Gasteiger charge is -2.09. The van der Waals surface area contributed by atoms with E-state index in [1.165, 1.54) is 18.9 Å². The molecule has 0 unspecified atom stereocenters. The van der Waals surface area contributed by atoms with Crippen molar-refractivity contribution >= 4 is 0 Å². The van der Waals surface area contributed by atoms with Gasteiger partial charge in [0.05, 0.1) is 6.10 Å². The summed E-state index contributed by atoms with van der Waals surface area (Å²) in [5, 5.41) is 9.79. The normalized spacial score (nSPS) is 30.4. The molecule has 2 aliphatic carbocycles. The molecular weight excluding hydrogens is 179 g/mol. The molecule has 0 radical (unpaired) electrons. The summed E-state index contributed by atoms with van der Waals surface area (Å²) in [6, 6.07) is 5.05. The fourth-order valence-corrected chi connectivity index (χ4v) is 2.65. The van der Waals surface area contributed by atoms with E-state index in [0.29, 0.717) is 5.92 Å². The van der Waals surface area contributed by atoms with Crippen LogP contribution in [0.15, 0.2) is 18.2 Å². The largest absolute Gasteiger partial charge is 0.388 e. The number of rotatable bonds is 1. The van der Waals surface area contributed by atoms with E-state index in [1.54, 1.807) is 6.07 Å². The third-order valence-corrected chi connectivity index (χ3v) is 3.48. The van der Waals surface area contributed by atoms with E-state index in [2.05, 4.69) is 0 Å². The Hall–Kier alpha value is -0.890. The Morgan fingerprint density at radius 3 is 2.79 bits per heavy atom. The third-order valence-electron chi connectivity index (χ3n) is 3.48. The van der Waals surface area contributed by atoms with Crippen LogP contribution in [-0.4, -0.2) is 5.11 Å². The van der Waals surface area contributed by atoms with Crippen LogP contribution in [0.3, 0.4) is 0 Å². The van der Waals surface area contributed by atoms with Crippen molar-refractivity contribution in [3.05, 3.63) is 35.1 Å². The van der Waals surface area contributed by atoms with Crippen molar-refractivity contribution in [2.75, 3.05) is 0 Å². The smallest absolute Gasteiger partial charge is 0.127 e. The Bertz CT molecular complexity index is 371. The van der Waals surface area contributed by atoms with Gasteiger partial charge in [-0.1, -0.05) is 12.1 Å². The number of hydrogen-bond acceptors (Lipinski definition) is 1. The van der Waals surface area contributed by atoms with Gasteiger partial charge < -0.3 is 5.11 Å². The molecule has 1 nitrogen and oxygen atoms in total. The molecule has 0 bridgehead atoms. The molecule has 0 spiro atoms. The number of fused-ring (bicyclic) bond motifs is 1. The third kappa shape index (κ3) is 1.10. The lowest BCUT2D eigenvalue weighted by Crippen LogP contribution is -1.98. The summed E-state index contributed by atoms with van der Waals surface area (Å²) >= 11 is 0. The topological polar surface area (TPSA) is 20.2 Å². The fraction of sp³-hybridized carbons (Fsp3) is 0.500. The minimum absolute atomic E-state index is 0.129. The molecule has 0 heterocycles. The molecule has 0 amide bonds. The molecule has 1 saturated carbocycles. The van der Waals surface area contributed by atoms with Gasteiger partial charge in [-0.15, -0.1) is 0 Å². The second-order valence-electron chi connectivity index (χ2n) is 4.44. The predicted molar refractivity (Wildman–Crippen MR) is 51.4 cm³/mol. The lowest BCUT2D eigenvalue weighted by molar-refractivity contribution is 0.170. The fourth-order valence-electron chi connectivity index (χ4n) is 2.65. The van der Waals surface area contributed by atoms with Crippen molar-refractivity contribution in [3.63, 3.8) is 0 Å². The van der Waals surface area contributed by atoms with E-state index in [-0.39, 0.29) is 11.7 Å². The van der Waals surface area contributed by atoms with Gasteiger partial charge in [0.15, 0.2) is 0 Å². The SMILES string of the molecule is O[C@@H]1C[C@H](C2CC2)c2c(F)cccc21. The molecule has 2 atom stereocenters. The van der Waals surface area contributed by atoms with Crippen molar-refractivity contribution in [3.8, 4) is 0 Å². The maximum atomic E-state index is 13.6. The van der Waals surface area contributed by atoms with Crippen molar-refractivity contribution in [2.45, 2.75) is 31.3 Å². The van der Waals surface area contributed by atoms with Gasteiger partial charge in [0.1, 0.15) is 5.82 Å². The Morgan fingerprint density at radius 2 is 2.07 bits per heavy atom. The Kier molecular flexibility index (Phi) is 1.68. The predicted octanol–water partition coefficient (Wildman–Crippen LogP) is 2.76. The Balaban J connectivity index is 2.10. The summed E-state index contributed by atoms with van der Waals surface area (Å²) in [5.41, 5.74) is 1.62. The summed E-state index contributed by atoms with van der Waals surface area (Å²) in [7, 11) is 0. The van der Waals surface area contributed by atoms with Crippen LogP contribution in [0.4, 0.5) is 4.39 Å². The Labute approximate surface area is 82.6 Å². The van der Waals surface area contributed by atoms with Crippen LogP contribution in [0.2, 0.25) is 0 Å². The molecule has 74 valence electrons. The van der Waals surface area contributed by atoms with Gasteiger partial charge >= 0.3 is 0 Å². The van der Waals surface area contributed by atoms with Crippen LogP contribution < -0.4 is 0 Å². The monoisotopic (exact) mass is 192 g/mol. The molecule has 0 aliphatic heterocycles. The Morgan fingerprint density at radius 1 is 1.29 bits per heavy atom. The standard InChI is InChI=1S/C12H13FO/c13-10-3-1-2-8-11(14)6-9(12(8)10)7-4-5-7/h1-3,7,9,11,14H,4-6H2/t9-,11-/m1/s1. The quantitative estimate of drug-likeness (QED) is 0.725. The van der Waals surface area contributed by atoms with E-state index < -0.39 is 6.10 Å². The summed E-state index contributed by atoms with van der Waals surface area (Å²) in [4.78, 5) is 0. The first-order chi connectivity index (χ1) is 6.77. The highest BCUT2D eigenvalue weighted by molar-refractivity contribution is 5.39. The number of hydrogen-bond donors (Lipinski definition) is 1. The van der Waals surface area contributed by atoms with Crippen LogP contribution in [0.1, 0.15) is 42.4 Å². The zero-order valence-electron chi connectivity index (χ0n) is 7.91. The molecule has 0 saturated heterocycles. The van der Waals surface area contributed by atoms with E-state index in [4.69, 9.17) is 0 Å². The molecule has 3 rings (SSSR count). The molecule has 0 aromatic heterocycles. The number of halogens is 1. The van der Waals surface area contributed by atoms with Crippen LogP contribution in [-0.2, 0) is 0 Å². The molecule has 1 aromatic carbocycles. The zero-order valence-corrected chi connectivity index (χ0v) is 7.91. The number of aliphatic hydroxyl groups is 1. The van der Waals surface area contributed by atoms with Gasteiger partial charge in [-0.05, 0) is 48.3 Å². The van der Waals surface area contributed by atoms with Crippen molar-refractivity contribution in [1.29, 1.82) is 0 Å². The minimum atomic E-state index is -0.439. The van der Waals surface area contributed by atoms with E-state index in [1.807, 2.05) is 6.07 Å². The average molecular weight is 192 g/mol. The first kappa shape index (κ1) is 8.42. The highest BCUT2D eigenvalue weighted by Crippen LogP contribution is 2.53. The van der Waals surface area contributed by atoms with Gasteiger partial charge in [-0.2, -0.15) is 0 Å². The maximum Gasteiger partial charge on any atom is 0.127 e.